The Morgan fingerprint density at radius 3 is 2.68 bits per heavy atom. The molecule has 0 bridgehead atoms. The van der Waals surface area contributed by atoms with Crippen LogP contribution in [-0.4, -0.2) is 35.1 Å². The van der Waals surface area contributed by atoms with Crippen molar-refractivity contribution in [3.05, 3.63) is 59.2 Å². The molecule has 3 N–H and O–H groups in total. The van der Waals surface area contributed by atoms with E-state index < -0.39 is 10.9 Å². The molecule has 0 aromatic heterocycles. The third-order valence-electron chi connectivity index (χ3n) is 5.09. The number of hydrogen-bond donors (Lipinski definition) is 3. The predicted molar refractivity (Wildman–Crippen MR) is 119 cm³/mol. The highest BCUT2D eigenvalue weighted by Crippen LogP contribution is 2.27. The molecule has 2 aromatic carbocycles. The second kappa shape index (κ2) is 8.36. The number of methoxy groups -OCH3 is 1. The highest BCUT2D eigenvalue weighted by atomic mass is 32.2. The SMILES string of the molecule is COc1ccc(CC2SC(=O)NC2=O)cc1C#CCC1(C)NC(=O)c2ccccc2N1. The maximum absolute atomic E-state index is 12.4. The molecule has 2 aromatic rings. The van der Waals surface area contributed by atoms with Gasteiger partial charge in [0.2, 0.25) is 5.91 Å². The molecule has 0 aliphatic carbocycles. The van der Waals surface area contributed by atoms with Gasteiger partial charge in [-0.05, 0) is 43.2 Å². The summed E-state index contributed by atoms with van der Waals surface area (Å²) in [5.74, 6) is 6.46. The Morgan fingerprint density at radius 2 is 1.94 bits per heavy atom. The average molecular weight is 436 g/mol. The van der Waals surface area contributed by atoms with Crippen LogP contribution in [0.2, 0.25) is 0 Å². The lowest BCUT2D eigenvalue weighted by atomic mass is 10.0. The largest absolute Gasteiger partial charge is 0.495 e. The van der Waals surface area contributed by atoms with E-state index in [1.165, 1.54) is 0 Å². The fraction of sp³-hybridized carbons (Fsp3) is 0.261. The molecule has 1 fully saturated rings. The van der Waals surface area contributed by atoms with Crippen molar-refractivity contribution in [2.24, 2.45) is 0 Å². The molecule has 8 heteroatoms. The molecule has 3 amide bonds. The number of amides is 3. The van der Waals surface area contributed by atoms with Crippen LogP contribution in [0, 0.1) is 11.8 Å². The number of fused-ring (bicyclic) bond motifs is 1. The Bertz CT molecular complexity index is 1140. The number of thioether (sulfide) groups is 1. The number of carbonyl (C=O) groups excluding carboxylic acids is 3. The second-order valence-corrected chi connectivity index (χ2v) is 8.73. The number of anilines is 1. The van der Waals surface area contributed by atoms with Gasteiger partial charge in [-0.25, -0.2) is 0 Å². The third kappa shape index (κ3) is 4.52. The predicted octanol–water partition coefficient (Wildman–Crippen LogP) is 2.90. The second-order valence-electron chi connectivity index (χ2n) is 7.56. The van der Waals surface area contributed by atoms with Gasteiger partial charge in [0.05, 0.1) is 29.9 Å². The molecule has 7 nitrogen and oxygen atoms in total. The summed E-state index contributed by atoms with van der Waals surface area (Å²) in [5, 5.41) is 7.85. The van der Waals surface area contributed by atoms with Gasteiger partial charge in [-0.1, -0.05) is 41.8 Å². The third-order valence-corrected chi connectivity index (χ3v) is 6.07. The fourth-order valence-corrected chi connectivity index (χ4v) is 4.42. The fourth-order valence-electron chi connectivity index (χ4n) is 3.56. The molecule has 2 heterocycles. The number of imide groups is 1. The molecule has 2 aliphatic heterocycles. The number of hydrogen-bond acceptors (Lipinski definition) is 6. The molecule has 1 saturated heterocycles. The zero-order valence-electron chi connectivity index (χ0n) is 17.1. The minimum absolute atomic E-state index is 0.139. The first-order valence-electron chi connectivity index (χ1n) is 9.74. The van der Waals surface area contributed by atoms with E-state index in [0.717, 1.165) is 23.0 Å². The van der Waals surface area contributed by atoms with Gasteiger partial charge >= 0.3 is 0 Å². The lowest BCUT2D eigenvalue weighted by Crippen LogP contribution is -2.55. The monoisotopic (exact) mass is 435 g/mol. The van der Waals surface area contributed by atoms with E-state index >= 15 is 0 Å². The smallest absolute Gasteiger partial charge is 0.286 e. The minimum Gasteiger partial charge on any atom is -0.495 e. The van der Waals surface area contributed by atoms with Crippen molar-refractivity contribution in [2.75, 3.05) is 12.4 Å². The van der Waals surface area contributed by atoms with Crippen molar-refractivity contribution >= 4 is 34.5 Å². The van der Waals surface area contributed by atoms with E-state index in [2.05, 4.69) is 27.8 Å². The number of carbonyl (C=O) groups is 3. The summed E-state index contributed by atoms with van der Waals surface area (Å²) in [6.07, 6.45) is 0.795. The van der Waals surface area contributed by atoms with Crippen molar-refractivity contribution in [3.63, 3.8) is 0 Å². The van der Waals surface area contributed by atoms with Crippen LogP contribution in [0.4, 0.5) is 10.5 Å². The van der Waals surface area contributed by atoms with Crippen molar-refractivity contribution in [1.29, 1.82) is 0 Å². The summed E-state index contributed by atoms with van der Waals surface area (Å²) >= 11 is 1.000. The number of rotatable bonds is 4. The molecule has 31 heavy (non-hydrogen) atoms. The topological polar surface area (TPSA) is 96.5 Å². The van der Waals surface area contributed by atoms with Gasteiger partial charge in [-0.3, -0.25) is 19.7 Å². The first-order chi connectivity index (χ1) is 14.9. The zero-order valence-corrected chi connectivity index (χ0v) is 17.9. The van der Waals surface area contributed by atoms with Crippen LogP contribution in [0.3, 0.4) is 0 Å². The maximum atomic E-state index is 12.4. The van der Waals surface area contributed by atoms with Gasteiger partial charge in [0.25, 0.3) is 11.1 Å². The van der Waals surface area contributed by atoms with E-state index in [-0.39, 0.29) is 17.1 Å². The molecule has 2 unspecified atom stereocenters. The van der Waals surface area contributed by atoms with E-state index in [4.69, 9.17) is 4.74 Å². The standard InChI is InChI=1S/C23H21N3O4S/c1-23(25-17-8-4-3-7-16(17)20(27)26-23)11-5-6-15-12-14(9-10-18(15)30-2)13-19-21(28)24-22(29)31-19/h3-4,7-10,12,19,25H,11,13H2,1-2H3,(H,26,27)(H,24,28,29). The van der Waals surface area contributed by atoms with E-state index in [1.807, 2.05) is 37.3 Å². The van der Waals surface area contributed by atoms with Gasteiger partial charge in [-0.2, -0.15) is 0 Å². The summed E-state index contributed by atoms with van der Waals surface area (Å²) in [7, 11) is 1.57. The lowest BCUT2D eigenvalue weighted by Gasteiger charge is -2.36. The molecule has 2 aliphatic rings. The van der Waals surface area contributed by atoms with Crippen molar-refractivity contribution in [1.82, 2.24) is 10.6 Å². The van der Waals surface area contributed by atoms with Gasteiger partial charge < -0.3 is 15.4 Å². The molecular formula is C23H21N3O4S. The first kappa shape index (κ1) is 20.8. The number of nitrogens with one attached hydrogen (secondary N) is 3. The Labute approximate surface area is 184 Å². The normalized spacial score (nSPS) is 21.9. The maximum Gasteiger partial charge on any atom is 0.286 e. The van der Waals surface area contributed by atoms with Gasteiger partial charge in [-0.15, -0.1) is 0 Å². The number of ether oxygens (including phenoxy) is 1. The molecule has 0 spiro atoms. The van der Waals surface area contributed by atoms with Crippen molar-refractivity contribution < 1.29 is 19.1 Å². The average Bonchev–Trinajstić information content (AvgIpc) is 3.04. The van der Waals surface area contributed by atoms with Crippen molar-refractivity contribution in [2.45, 2.75) is 30.7 Å². The van der Waals surface area contributed by atoms with Gasteiger partial charge in [0.15, 0.2) is 0 Å². The summed E-state index contributed by atoms with van der Waals surface area (Å²) in [6, 6.07) is 12.9. The Hall–Kier alpha value is -3.44. The summed E-state index contributed by atoms with van der Waals surface area (Å²) < 4.78 is 5.41. The number of para-hydroxylation sites is 1. The van der Waals surface area contributed by atoms with Crippen LogP contribution in [-0.2, 0) is 11.2 Å². The lowest BCUT2D eigenvalue weighted by molar-refractivity contribution is -0.118. The molecule has 0 radical (unpaired) electrons. The van der Waals surface area contributed by atoms with Crippen LogP contribution >= 0.6 is 11.8 Å². The summed E-state index contributed by atoms with van der Waals surface area (Å²) in [5.41, 5.74) is 2.24. The molecule has 158 valence electrons. The summed E-state index contributed by atoms with van der Waals surface area (Å²) in [4.78, 5) is 35.7. The minimum atomic E-state index is -0.706. The van der Waals surface area contributed by atoms with Crippen molar-refractivity contribution in [3.8, 4) is 17.6 Å². The Balaban J connectivity index is 1.51. The molecule has 2 atom stereocenters. The van der Waals surface area contributed by atoms with E-state index in [0.29, 0.717) is 29.7 Å². The van der Waals surface area contributed by atoms with Gasteiger partial charge in [0, 0.05) is 5.69 Å². The van der Waals surface area contributed by atoms with Gasteiger partial charge in [0.1, 0.15) is 11.4 Å². The Kier molecular flexibility index (Phi) is 5.61. The molecular weight excluding hydrogens is 414 g/mol. The van der Waals surface area contributed by atoms with Crippen LogP contribution in [0.1, 0.15) is 34.8 Å². The molecule has 0 saturated carbocycles. The van der Waals surface area contributed by atoms with Crippen LogP contribution in [0.5, 0.6) is 5.75 Å². The quantitative estimate of drug-likeness (QED) is 0.639. The highest BCUT2D eigenvalue weighted by molar-refractivity contribution is 8.15. The first-order valence-corrected chi connectivity index (χ1v) is 10.6. The summed E-state index contributed by atoms with van der Waals surface area (Å²) in [6.45, 7) is 1.89. The van der Waals surface area contributed by atoms with Crippen LogP contribution in [0.25, 0.3) is 0 Å². The van der Waals surface area contributed by atoms with Crippen LogP contribution in [0.15, 0.2) is 42.5 Å². The zero-order chi connectivity index (χ0) is 22.0. The van der Waals surface area contributed by atoms with E-state index in [1.54, 1.807) is 19.2 Å². The number of benzene rings is 2. The highest BCUT2D eigenvalue weighted by Gasteiger charge is 2.33. The van der Waals surface area contributed by atoms with E-state index in [9.17, 15) is 14.4 Å². The Morgan fingerprint density at radius 1 is 1.13 bits per heavy atom. The molecule has 4 rings (SSSR count). The van der Waals surface area contributed by atoms with Crippen LogP contribution < -0.4 is 20.7 Å².